The van der Waals surface area contributed by atoms with Crippen LogP contribution in [-0.4, -0.2) is 33.6 Å². The predicted octanol–water partition coefficient (Wildman–Crippen LogP) is 5.31. The van der Waals surface area contributed by atoms with Gasteiger partial charge in [-0.05, 0) is 49.0 Å². The molecule has 4 nitrogen and oxygen atoms in total. The van der Waals surface area contributed by atoms with Crippen molar-refractivity contribution in [1.82, 2.24) is 5.01 Å². The molecule has 2 aliphatic rings. The van der Waals surface area contributed by atoms with Gasteiger partial charge in [-0.1, -0.05) is 57.5 Å². The van der Waals surface area contributed by atoms with Gasteiger partial charge in [0.2, 0.25) is 5.91 Å². The molecule has 1 aromatic rings. The van der Waals surface area contributed by atoms with Crippen molar-refractivity contribution in [2.75, 3.05) is 0 Å². The number of aliphatic hydroxyl groups is 1. The van der Waals surface area contributed by atoms with Gasteiger partial charge >= 0.3 is 6.18 Å². The van der Waals surface area contributed by atoms with Gasteiger partial charge in [0, 0.05) is 12.1 Å². The predicted molar refractivity (Wildman–Crippen MR) is 110 cm³/mol. The summed E-state index contributed by atoms with van der Waals surface area (Å²) in [4.78, 5) is 12.7. The minimum Gasteiger partial charge on any atom is -0.362 e. The van der Waals surface area contributed by atoms with Crippen LogP contribution in [0.2, 0.25) is 0 Å². The number of hydrogen-bond donors (Lipinski definition) is 1. The Kier molecular flexibility index (Phi) is 6.33. The molecular weight excluding hydrogens is 393 g/mol. The number of hydrazone groups is 1. The van der Waals surface area contributed by atoms with E-state index in [0.29, 0.717) is 30.0 Å². The number of carbonyl (C=O) groups is 1. The molecule has 0 spiro atoms. The van der Waals surface area contributed by atoms with Crippen LogP contribution in [0.3, 0.4) is 0 Å². The number of amides is 1. The average molecular weight is 425 g/mol. The first-order valence-corrected chi connectivity index (χ1v) is 10.7. The Hall–Kier alpha value is -1.89. The molecule has 1 saturated carbocycles. The molecule has 30 heavy (non-hydrogen) atoms. The molecule has 166 valence electrons. The number of benzene rings is 1. The maximum absolute atomic E-state index is 14.1. The van der Waals surface area contributed by atoms with Crippen LogP contribution < -0.4 is 0 Å². The zero-order valence-electron chi connectivity index (χ0n) is 17.9. The topological polar surface area (TPSA) is 52.9 Å². The van der Waals surface area contributed by atoms with E-state index >= 15 is 0 Å². The van der Waals surface area contributed by atoms with Gasteiger partial charge in [-0.25, -0.2) is 0 Å². The number of fused-ring (bicyclic) bond motifs is 1. The summed E-state index contributed by atoms with van der Waals surface area (Å²) in [6.45, 7) is 6.12. The van der Waals surface area contributed by atoms with Crippen LogP contribution in [0.5, 0.6) is 0 Å². The van der Waals surface area contributed by atoms with E-state index in [1.165, 1.54) is 0 Å². The third-order valence-electron chi connectivity index (χ3n) is 7.08. The molecule has 3 atom stereocenters. The molecule has 1 N–H and O–H groups in total. The van der Waals surface area contributed by atoms with E-state index in [4.69, 9.17) is 0 Å². The summed E-state index contributed by atoms with van der Waals surface area (Å²) in [6, 6.07) is 9.47. The first-order valence-electron chi connectivity index (χ1n) is 10.7. The van der Waals surface area contributed by atoms with Crippen LogP contribution >= 0.6 is 0 Å². The van der Waals surface area contributed by atoms with Gasteiger partial charge in [-0.3, -0.25) is 4.79 Å². The Morgan fingerprint density at radius 2 is 1.93 bits per heavy atom. The third-order valence-corrected chi connectivity index (χ3v) is 7.08. The zero-order chi connectivity index (χ0) is 22.2. The highest BCUT2D eigenvalue weighted by Gasteiger charge is 2.69. The fraction of sp³-hybridized carbons (Fsp3) is 0.652. The van der Waals surface area contributed by atoms with Gasteiger partial charge in [0.05, 0.1) is 5.92 Å². The quantitative estimate of drug-likeness (QED) is 0.673. The minimum absolute atomic E-state index is 0.0356. The van der Waals surface area contributed by atoms with Gasteiger partial charge in [0.25, 0.3) is 5.72 Å². The molecule has 1 amide bonds. The van der Waals surface area contributed by atoms with Crippen LogP contribution in [0.1, 0.15) is 64.9 Å². The van der Waals surface area contributed by atoms with E-state index in [9.17, 15) is 23.1 Å². The van der Waals surface area contributed by atoms with E-state index < -0.39 is 23.7 Å². The lowest BCUT2D eigenvalue weighted by molar-refractivity contribution is -0.318. The lowest BCUT2D eigenvalue weighted by Crippen LogP contribution is -2.62. The van der Waals surface area contributed by atoms with E-state index in [0.717, 1.165) is 18.4 Å². The van der Waals surface area contributed by atoms with E-state index in [1.807, 2.05) is 51.1 Å². The van der Waals surface area contributed by atoms with Crippen molar-refractivity contribution < 1.29 is 23.1 Å². The van der Waals surface area contributed by atoms with Crippen molar-refractivity contribution in [3.63, 3.8) is 0 Å². The maximum atomic E-state index is 14.1. The van der Waals surface area contributed by atoms with Crippen LogP contribution in [0.4, 0.5) is 13.2 Å². The largest absolute Gasteiger partial charge is 0.439 e. The van der Waals surface area contributed by atoms with Gasteiger partial charge in [-0.15, -0.1) is 0 Å². The summed E-state index contributed by atoms with van der Waals surface area (Å²) in [6.07, 6.45) is -1.97. The fourth-order valence-corrected chi connectivity index (χ4v) is 4.66. The lowest BCUT2D eigenvalue weighted by Gasteiger charge is -2.43. The molecule has 0 bridgehead atoms. The molecule has 0 unspecified atom stereocenters. The van der Waals surface area contributed by atoms with Crippen molar-refractivity contribution in [3.05, 3.63) is 35.9 Å². The second kappa shape index (κ2) is 8.33. The normalized spacial score (nSPS) is 27.0. The SMILES string of the molecule is CCC(C)(C)[C@@H]1CCC2=NN(C(=O)CCCc3ccccc3)[C@](O)(C(F)(F)F)[C@H]2C1. The Morgan fingerprint density at radius 3 is 2.53 bits per heavy atom. The van der Waals surface area contributed by atoms with Crippen LogP contribution in [0, 0.1) is 17.3 Å². The summed E-state index contributed by atoms with van der Waals surface area (Å²) in [5.74, 6) is -1.94. The number of rotatable bonds is 6. The number of carbonyl (C=O) groups excluding carboxylic acids is 1. The summed E-state index contributed by atoms with van der Waals surface area (Å²) in [5, 5.41) is 15.3. The Balaban J connectivity index is 1.77. The smallest absolute Gasteiger partial charge is 0.362 e. The summed E-state index contributed by atoms with van der Waals surface area (Å²) >= 11 is 0. The highest BCUT2D eigenvalue weighted by molar-refractivity contribution is 5.93. The number of alkyl halides is 3. The summed E-state index contributed by atoms with van der Waals surface area (Å²) in [5.41, 5.74) is -2.07. The fourth-order valence-electron chi connectivity index (χ4n) is 4.66. The molecule has 0 radical (unpaired) electrons. The Morgan fingerprint density at radius 1 is 1.27 bits per heavy atom. The molecule has 1 aliphatic carbocycles. The van der Waals surface area contributed by atoms with E-state index in [1.54, 1.807) is 0 Å². The van der Waals surface area contributed by atoms with Crippen molar-refractivity contribution in [2.45, 2.75) is 77.6 Å². The first-order chi connectivity index (χ1) is 14.0. The van der Waals surface area contributed by atoms with E-state index in [-0.39, 0.29) is 24.2 Å². The van der Waals surface area contributed by atoms with Crippen molar-refractivity contribution in [1.29, 1.82) is 0 Å². The number of aryl methyl sites for hydroxylation is 1. The Bertz CT molecular complexity index is 791. The lowest BCUT2D eigenvalue weighted by atomic mass is 9.64. The number of hydrogen-bond acceptors (Lipinski definition) is 3. The second-order valence-electron chi connectivity index (χ2n) is 9.23. The minimum atomic E-state index is -4.98. The molecule has 3 rings (SSSR count). The molecule has 0 aromatic heterocycles. The van der Waals surface area contributed by atoms with Crippen molar-refractivity contribution >= 4 is 11.6 Å². The van der Waals surface area contributed by atoms with E-state index in [2.05, 4.69) is 5.10 Å². The van der Waals surface area contributed by atoms with Crippen LogP contribution in [0.25, 0.3) is 0 Å². The highest BCUT2D eigenvalue weighted by Crippen LogP contribution is 2.52. The van der Waals surface area contributed by atoms with Crippen LogP contribution in [-0.2, 0) is 11.2 Å². The molecule has 7 heteroatoms. The molecule has 1 aromatic carbocycles. The van der Waals surface area contributed by atoms with Crippen molar-refractivity contribution in [2.24, 2.45) is 22.4 Å². The molecular formula is C23H31F3N2O2. The monoisotopic (exact) mass is 424 g/mol. The maximum Gasteiger partial charge on any atom is 0.439 e. The molecule has 1 heterocycles. The van der Waals surface area contributed by atoms with Crippen LogP contribution in [0.15, 0.2) is 35.4 Å². The molecule has 0 saturated heterocycles. The average Bonchev–Trinajstić information content (AvgIpc) is 3.02. The van der Waals surface area contributed by atoms with Crippen molar-refractivity contribution in [3.8, 4) is 0 Å². The second-order valence-corrected chi connectivity index (χ2v) is 9.23. The Labute approximate surface area is 176 Å². The number of nitrogens with zero attached hydrogens (tertiary/aromatic N) is 2. The first kappa shape index (κ1) is 22.8. The summed E-state index contributed by atoms with van der Waals surface area (Å²) in [7, 11) is 0. The standard InChI is InChI=1S/C23H31F3N2O2/c1-4-21(2,3)17-13-14-19-18(15-17)22(30,23(24,25)26)28(27-19)20(29)12-8-11-16-9-6-5-7-10-16/h5-7,9-10,17-18,30H,4,8,11-15H2,1-3H3/t17-,18+,22-/m1/s1. The third kappa shape index (κ3) is 4.13. The summed E-state index contributed by atoms with van der Waals surface area (Å²) < 4.78 is 42.3. The molecule has 1 fully saturated rings. The van der Waals surface area contributed by atoms with Gasteiger partial charge in [0.15, 0.2) is 0 Å². The van der Waals surface area contributed by atoms with Gasteiger partial charge in [-0.2, -0.15) is 23.3 Å². The molecule has 1 aliphatic heterocycles. The number of halogens is 3. The van der Waals surface area contributed by atoms with Gasteiger partial charge < -0.3 is 5.11 Å². The van der Waals surface area contributed by atoms with Gasteiger partial charge in [0.1, 0.15) is 0 Å². The highest BCUT2D eigenvalue weighted by atomic mass is 19.4. The zero-order valence-corrected chi connectivity index (χ0v) is 17.9.